The van der Waals surface area contributed by atoms with E-state index in [0.717, 1.165) is 24.7 Å². The number of hydrazine groups is 1. The second-order valence-electron chi connectivity index (χ2n) is 6.49. The van der Waals surface area contributed by atoms with Gasteiger partial charge in [0.25, 0.3) is 0 Å². The van der Waals surface area contributed by atoms with Gasteiger partial charge in [-0.05, 0) is 24.7 Å². The second-order valence-corrected chi connectivity index (χ2v) is 6.49. The van der Waals surface area contributed by atoms with E-state index in [2.05, 4.69) is 44.3 Å². The van der Waals surface area contributed by atoms with Crippen molar-refractivity contribution in [2.75, 3.05) is 57.5 Å². The first-order valence-electron chi connectivity index (χ1n) is 7.79. The van der Waals surface area contributed by atoms with E-state index in [9.17, 15) is 0 Å². The van der Waals surface area contributed by atoms with Crippen molar-refractivity contribution in [2.45, 2.75) is 19.3 Å². The Labute approximate surface area is 127 Å². The molecule has 116 valence electrons. The average molecular weight is 290 g/mol. The van der Waals surface area contributed by atoms with Crippen LogP contribution in [0, 0.1) is 5.41 Å². The van der Waals surface area contributed by atoms with Gasteiger partial charge in [0.2, 0.25) is 5.95 Å². The number of aromatic nitrogens is 2. The van der Waals surface area contributed by atoms with Crippen molar-refractivity contribution in [1.82, 2.24) is 20.0 Å². The predicted molar refractivity (Wildman–Crippen MR) is 85.3 cm³/mol. The summed E-state index contributed by atoms with van der Waals surface area (Å²) in [7, 11) is 6.18. The monoisotopic (exact) mass is 290 g/mol. The molecule has 6 nitrogen and oxygen atoms in total. The lowest BCUT2D eigenvalue weighted by Gasteiger charge is -2.39. The largest absolute Gasteiger partial charge is 0.386 e. The van der Waals surface area contributed by atoms with Gasteiger partial charge in [-0.1, -0.05) is 0 Å². The van der Waals surface area contributed by atoms with Crippen LogP contribution in [0.3, 0.4) is 0 Å². The van der Waals surface area contributed by atoms with E-state index in [4.69, 9.17) is 0 Å². The van der Waals surface area contributed by atoms with Gasteiger partial charge in [-0.15, -0.1) is 0 Å². The van der Waals surface area contributed by atoms with Gasteiger partial charge in [0.15, 0.2) is 0 Å². The number of rotatable bonds is 3. The Morgan fingerprint density at radius 3 is 2.24 bits per heavy atom. The molecular formula is C15H26N6. The van der Waals surface area contributed by atoms with Crippen LogP contribution < -0.4 is 10.2 Å². The van der Waals surface area contributed by atoms with Gasteiger partial charge in [-0.25, -0.2) is 20.0 Å². The molecule has 0 aliphatic carbocycles. The first-order chi connectivity index (χ1) is 10.1. The molecule has 0 saturated carbocycles. The molecule has 1 N–H and O–H groups in total. The molecule has 2 aliphatic heterocycles. The van der Waals surface area contributed by atoms with E-state index in [0.29, 0.717) is 5.41 Å². The third-order valence-electron chi connectivity index (χ3n) is 5.02. The van der Waals surface area contributed by atoms with Crippen molar-refractivity contribution in [2.24, 2.45) is 5.41 Å². The smallest absolute Gasteiger partial charge is 0.225 e. The Morgan fingerprint density at radius 1 is 1.10 bits per heavy atom. The van der Waals surface area contributed by atoms with Crippen LogP contribution in [0.4, 0.5) is 11.6 Å². The summed E-state index contributed by atoms with van der Waals surface area (Å²) in [5.74, 6) is 0.867. The third-order valence-corrected chi connectivity index (χ3v) is 5.02. The maximum atomic E-state index is 4.47. The van der Waals surface area contributed by atoms with Crippen LogP contribution >= 0.6 is 0 Å². The summed E-state index contributed by atoms with van der Waals surface area (Å²) >= 11 is 0. The van der Waals surface area contributed by atoms with Crippen molar-refractivity contribution < 1.29 is 0 Å². The van der Waals surface area contributed by atoms with Crippen LogP contribution in [-0.2, 0) is 0 Å². The van der Waals surface area contributed by atoms with E-state index in [1.165, 1.54) is 32.4 Å². The van der Waals surface area contributed by atoms with E-state index in [-0.39, 0.29) is 0 Å². The Bertz CT molecular complexity index is 464. The van der Waals surface area contributed by atoms with Crippen LogP contribution in [0.25, 0.3) is 0 Å². The molecule has 0 aromatic carbocycles. The average Bonchev–Trinajstić information content (AvgIpc) is 2.92. The number of hydrogen-bond donors (Lipinski definition) is 1. The fourth-order valence-electron chi connectivity index (χ4n) is 3.46. The minimum atomic E-state index is 0.506. The Hall–Kier alpha value is -1.40. The lowest BCUT2D eigenvalue weighted by atomic mass is 9.78. The molecule has 1 aromatic rings. The minimum absolute atomic E-state index is 0.506. The lowest BCUT2D eigenvalue weighted by Crippen LogP contribution is -2.44. The highest BCUT2D eigenvalue weighted by atomic mass is 15.6. The summed E-state index contributed by atoms with van der Waals surface area (Å²) in [5.41, 5.74) is 1.47. The standard InChI is InChI=1S/C15H26N6/c1-16-13-10-17-14(18-11-13)20-7-4-15(5-8-20)6-9-21(12-15)19(2)3/h10-11,16H,4-9,12H2,1-3H3. The van der Waals surface area contributed by atoms with Gasteiger partial charge in [0.05, 0.1) is 18.1 Å². The SMILES string of the molecule is CNc1cnc(N2CCC3(CC2)CCN(N(C)C)C3)nc1. The quantitative estimate of drug-likeness (QED) is 0.905. The van der Waals surface area contributed by atoms with Crippen molar-refractivity contribution in [1.29, 1.82) is 0 Å². The van der Waals surface area contributed by atoms with Crippen molar-refractivity contribution in [3.8, 4) is 0 Å². The molecule has 0 radical (unpaired) electrons. The van der Waals surface area contributed by atoms with Crippen molar-refractivity contribution >= 4 is 11.6 Å². The van der Waals surface area contributed by atoms with Gasteiger partial charge in [-0.2, -0.15) is 0 Å². The van der Waals surface area contributed by atoms with Gasteiger partial charge in [0.1, 0.15) is 0 Å². The zero-order valence-corrected chi connectivity index (χ0v) is 13.3. The number of nitrogens with one attached hydrogen (secondary N) is 1. The van der Waals surface area contributed by atoms with Crippen molar-refractivity contribution in [3.63, 3.8) is 0 Å². The highest BCUT2D eigenvalue weighted by molar-refractivity contribution is 5.41. The van der Waals surface area contributed by atoms with Gasteiger partial charge < -0.3 is 10.2 Å². The minimum Gasteiger partial charge on any atom is -0.386 e. The van der Waals surface area contributed by atoms with Gasteiger partial charge >= 0.3 is 0 Å². The molecule has 1 aromatic heterocycles. The van der Waals surface area contributed by atoms with Crippen LogP contribution in [0.15, 0.2) is 12.4 Å². The van der Waals surface area contributed by atoms with Gasteiger partial charge in [-0.3, -0.25) is 0 Å². The summed E-state index contributed by atoms with van der Waals surface area (Å²) in [5, 5.41) is 7.76. The third kappa shape index (κ3) is 2.96. The number of nitrogens with zero attached hydrogens (tertiary/aromatic N) is 5. The summed E-state index contributed by atoms with van der Waals surface area (Å²) in [6, 6.07) is 0. The molecule has 6 heteroatoms. The fourth-order valence-corrected chi connectivity index (χ4v) is 3.46. The molecule has 3 heterocycles. The van der Waals surface area contributed by atoms with Crippen LogP contribution in [0.2, 0.25) is 0 Å². The van der Waals surface area contributed by atoms with E-state index in [1.807, 2.05) is 19.4 Å². The number of piperidine rings is 1. The summed E-state index contributed by atoms with van der Waals surface area (Å²) in [6.45, 7) is 4.54. The zero-order valence-electron chi connectivity index (χ0n) is 13.3. The Balaban J connectivity index is 1.60. The lowest BCUT2D eigenvalue weighted by molar-refractivity contribution is 0.0349. The number of anilines is 2. The van der Waals surface area contributed by atoms with Gasteiger partial charge in [0, 0.05) is 47.3 Å². The highest BCUT2D eigenvalue weighted by Crippen LogP contribution is 2.40. The first kappa shape index (κ1) is 14.5. The normalized spacial score (nSPS) is 22.2. The van der Waals surface area contributed by atoms with Crippen molar-refractivity contribution in [3.05, 3.63) is 12.4 Å². The number of hydrogen-bond acceptors (Lipinski definition) is 6. The summed E-state index contributed by atoms with van der Waals surface area (Å²) in [4.78, 5) is 11.3. The highest BCUT2D eigenvalue weighted by Gasteiger charge is 2.41. The molecular weight excluding hydrogens is 264 g/mol. The van der Waals surface area contributed by atoms with Crippen LogP contribution in [0.5, 0.6) is 0 Å². The molecule has 0 amide bonds. The van der Waals surface area contributed by atoms with Crippen LogP contribution in [-0.4, -0.2) is 67.3 Å². The zero-order chi connectivity index (χ0) is 14.9. The van der Waals surface area contributed by atoms with E-state index < -0.39 is 0 Å². The molecule has 2 fully saturated rings. The maximum absolute atomic E-state index is 4.47. The molecule has 21 heavy (non-hydrogen) atoms. The predicted octanol–water partition coefficient (Wildman–Crippen LogP) is 1.29. The molecule has 3 rings (SSSR count). The van der Waals surface area contributed by atoms with E-state index in [1.54, 1.807) is 0 Å². The maximum Gasteiger partial charge on any atom is 0.225 e. The fraction of sp³-hybridized carbons (Fsp3) is 0.733. The van der Waals surface area contributed by atoms with E-state index >= 15 is 0 Å². The molecule has 0 unspecified atom stereocenters. The molecule has 0 atom stereocenters. The summed E-state index contributed by atoms with van der Waals surface area (Å²) < 4.78 is 0. The molecule has 2 aliphatic rings. The summed E-state index contributed by atoms with van der Waals surface area (Å²) in [6.07, 6.45) is 7.52. The molecule has 1 spiro atoms. The Kier molecular flexibility index (Phi) is 3.99. The first-order valence-corrected chi connectivity index (χ1v) is 7.79. The molecule has 2 saturated heterocycles. The second kappa shape index (κ2) is 5.77. The Morgan fingerprint density at radius 2 is 1.71 bits per heavy atom. The molecule has 0 bridgehead atoms. The topological polar surface area (TPSA) is 47.5 Å². The van der Waals surface area contributed by atoms with Crippen LogP contribution in [0.1, 0.15) is 19.3 Å².